The number of benzene rings is 3. The van der Waals surface area contributed by atoms with Crippen LogP contribution in [0.4, 0.5) is 0 Å². The Balaban J connectivity index is 1.38. The molecule has 1 aliphatic rings. The van der Waals surface area contributed by atoms with Crippen molar-refractivity contribution in [1.82, 2.24) is 0 Å². The Kier molecular flexibility index (Phi) is 5.06. The molecule has 0 spiro atoms. The predicted molar refractivity (Wildman–Crippen MR) is 104 cm³/mol. The highest BCUT2D eigenvalue weighted by Gasteiger charge is 2.16. The van der Waals surface area contributed by atoms with E-state index < -0.39 is 5.97 Å². The smallest absolute Gasteiger partial charge is 0.338 e. The van der Waals surface area contributed by atoms with Gasteiger partial charge in [-0.25, -0.2) is 4.79 Å². The molecular weight excluding hydrogens is 356 g/mol. The molecule has 4 rings (SSSR count). The van der Waals surface area contributed by atoms with E-state index in [4.69, 9.17) is 14.2 Å². The monoisotopic (exact) mass is 374 g/mol. The van der Waals surface area contributed by atoms with Gasteiger partial charge in [-0.3, -0.25) is 4.79 Å². The molecule has 28 heavy (non-hydrogen) atoms. The van der Waals surface area contributed by atoms with Crippen LogP contribution in [-0.4, -0.2) is 31.6 Å². The molecule has 0 N–H and O–H groups in total. The molecule has 0 fully saturated rings. The third-order valence-corrected chi connectivity index (χ3v) is 4.43. The highest BCUT2D eigenvalue weighted by atomic mass is 16.6. The van der Waals surface area contributed by atoms with E-state index in [9.17, 15) is 9.59 Å². The molecule has 3 aromatic carbocycles. The summed E-state index contributed by atoms with van der Waals surface area (Å²) >= 11 is 0. The number of hydrogen-bond donors (Lipinski definition) is 0. The topological polar surface area (TPSA) is 61.8 Å². The van der Waals surface area contributed by atoms with Gasteiger partial charge in [0.1, 0.15) is 13.2 Å². The van der Waals surface area contributed by atoms with E-state index in [1.165, 1.54) is 0 Å². The van der Waals surface area contributed by atoms with Gasteiger partial charge >= 0.3 is 5.97 Å². The van der Waals surface area contributed by atoms with Gasteiger partial charge in [-0.2, -0.15) is 0 Å². The van der Waals surface area contributed by atoms with Crippen molar-refractivity contribution in [2.24, 2.45) is 0 Å². The predicted octanol–water partition coefficient (Wildman–Crippen LogP) is 4.16. The second-order valence-electron chi connectivity index (χ2n) is 6.30. The van der Waals surface area contributed by atoms with Gasteiger partial charge in [-0.15, -0.1) is 0 Å². The zero-order valence-electron chi connectivity index (χ0n) is 15.1. The second kappa shape index (κ2) is 7.96. The lowest BCUT2D eigenvalue weighted by molar-refractivity contribution is 0.0474. The summed E-state index contributed by atoms with van der Waals surface area (Å²) in [4.78, 5) is 24.6. The van der Waals surface area contributed by atoms with Crippen LogP contribution in [0.25, 0.3) is 11.1 Å². The molecule has 0 bridgehead atoms. The minimum Gasteiger partial charge on any atom is -0.486 e. The number of fused-ring (bicyclic) bond motifs is 1. The fourth-order valence-corrected chi connectivity index (χ4v) is 2.94. The van der Waals surface area contributed by atoms with Gasteiger partial charge in [0.05, 0.1) is 5.56 Å². The van der Waals surface area contributed by atoms with Gasteiger partial charge in [-0.05, 0) is 41.5 Å². The summed E-state index contributed by atoms with van der Waals surface area (Å²) in [5.74, 6) is 0.301. The Morgan fingerprint density at radius 1 is 0.750 bits per heavy atom. The van der Waals surface area contributed by atoms with Gasteiger partial charge in [-0.1, -0.05) is 42.5 Å². The summed E-state index contributed by atoms with van der Waals surface area (Å²) in [6.07, 6.45) is 0. The number of carbonyl (C=O) groups excluding carboxylic acids is 2. The van der Waals surface area contributed by atoms with Crippen LogP contribution in [0.2, 0.25) is 0 Å². The normalized spacial score (nSPS) is 12.3. The van der Waals surface area contributed by atoms with Crippen molar-refractivity contribution in [3.63, 3.8) is 0 Å². The van der Waals surface area contributed by atoms with Gasteiger partial charge in [0.15, 0.2) is 23.9 Å². The molecule has 3 aromatic rings. The minimum absolute atomic E-state index is 0.300. The van der Waals surface area contributed by atoms with Crippen LogP contribution in [-0.2, 0) is 4.74 Å². The average Bonchev–Trinajstić information content (AvgIpc) is 2.77. The number of esters is 1. The lowest BCUT2D eigenvalue weighted by Gasteiger charge is -2.18. The fourth-order valence-electron chi connectivity index (χ4n) is 2.94. The van der Waals surface area contributed by atoms with Crippen LogP contribution in [0.1, 0.15) is 20.7 Å². The molecule has 0 aromatic heterocycles. The van der Waals surface area contributed by atoms with Gasteiger partial charge in [0.2, 0.25) is 0 Å². The third-order valence-electron chi connectivity index (χ3n) is 4.43. The number of ether oxygens (including phenoxy) is 3. The van der Waals surface area contributed by atoms with Gasteiger partial charge in [0, 0.05) is 5.56 Å². The Morgan fingerprint density at radius 2 is 1.39 bits per heavy atom. The van der Waals surface area contributed by atoms with Crippen molar-refractivity contribution in [3.05, 3.63) is 83.9 Å². The van der Waals surface area contributed by atoms with Gasteiger partial charge in [0.25, 0.3) is 0 Å². The molecule has 1 aliphatic heterocycles. The molecule has 1 heterocycles. The Bertz CT molecular complexity index is 993. The SMILES string of the molecule is O=C(COC(=O)c1ccc(-c2ccccc2)cc1)c1ccc2c(c1)OCCO2. The molecule has 5 heteroatoms. The van der Waals surface area contributed by atoms with Crippen LogP contribution < -0.4 is 9.47 Å². The molecule has 0 aliphatic carbocycles. The van der Waals surface area contributed by atoms with Crippen LogP contribution in [0.15, 0.2) is 72.8 Å². The fraction of sp³-hybridized carbons (Fsp3) is 0.130. The summed E-state index contributed by atoms with van der Waals surface area (Å²) in [7, 11) is 0. The minimum atomic E-state index is -0.537. The van der Waals surface area contributed by atoms with E-state index in [0.29, 0.717) is 35.8 Å². The van der Waals surface area contributed by atoms with Crippen molar-refractivity contribution in [2.75, 3.05) is 19.8 Å². The van der Waals surface area contributed by atoms with E-state index in [2.05, 4.69) is 0 Å². The quantitative estimate of drug-likeness (QED) is 0.496. The van der Waals surface area contributed by atoms with E-state index in [-0.39, 0.29) is 12.4 Å². The highest BCUT2D eigenvalue weighted by Crippen LogP contribution is 2.30. The maximum absolute atomic E-state index is 12.3. The van der Waals surface area contributed by atoms with Crippen molar-refractivity contribution in [3.8, 4) is 22.6 Å². The molecule has 0 saturated heterocycles. The summed E-state index contributed by atoms with van der Waals surface area (Å²) in [5.41, 5.74) is 2.88. The first-order valence-corrected chi connectivity index (χ1v) is 8.96. The zero-order valence-corrected chi connectivity index (χ0v) is 15.1. The summed E-state index contributed by atoms with van der Waals surface area (Å²) < 4.78 is 16.1. The third kappa shape index (κ3) is 3.88. The summed E-state index contributed by atoms with van der Waals surface area (Å²) in [6, 6.07) is 21.9. The Hall–Kier alpha value is -3.60. The van der Waals surface area contributed by atoms with Crippen LogP contribution >= 0.6 is 0 Å². The van der Waals surface area contributed by atoms with E-state index in [0.717, 1.165) is 11.1 Å². The number of Topliss-reactive ketones (excluding diaryl/α,β-unsaturated/α-hetero) is 1. The number of hydrogen-bond acceptors (Lipinski definition) is 5. The van der Waals surface area contributed by atoms with E-state index in [1.807, 2.05) is 42.5 Å². The molecule has 0 radical (unpaired) electrons. The standard InChI is InChI=1S/C23H18O5/c24-20(19-10-11-21-22(14-19)27-13-12-26-21)15-28-23(25)18-8-6-17(7-9-18)16-4-2-1-3-5-16/h1-11,14H,12-13,15H2. The van der Waals surface area contributed by atoms with Crippen molar-refractivity contribution in [1.29, 1.82) is 0 Å². The summed E-state index contributed by atoms with van der Waals surface area (Å²) in [5, 5.41) is 0. The molecule has 140 valence electrons. The maximum Gasteiger partial charge on any atom is 0.338 e. The van der Waals surface area contributed by atoms with Gasteiger partial charge < -0.3 is 14.2 Å². The van der Waals surface area contributed by atoms with E-state index >= 15 is 0 Å². The first kappa shape index (κ1) is 17.8. The zero-order chi connectivity index (χ0) is 19.3. The Morgan fingerprint density at radius 3 is 2.14 bits per heavy atom. The summed E-state index contributed by atoms with van der Waals surface area (Å²) in [6.45, 7) is 0.596. The van der Waals surface area contributed by atoms with Crippen molar-refractivity contribution in [2.45, 2.75) is 0 Å². The van der Waals surface area contributed by atoms with Crippen molar-refractivity contribution < 1.29 is 23.8 Å². The molecule has 0 saturated carbocycles. The Labute approximate surface area is 162 Å². The largest absolute Gasteiger partial charge is 0.486 e. The van der Waals surface area contributed by atoms with Crippen LogP contribution in [0.3, 0.4) is 0 Å². The van der Waals surface area contributed by atoms with Crippen LogP contribution in [0, 0.1) is 0 Å². The maximum atomic E-state index is 12.3. The number of ketones is 1. The molecule has 0 unspecified atom stereocenters. The van der Waals surface area contributed by atoms with Crippen molar-refractivity contribution >= 4 is 11.8 Å². The van der Waals surface area contributed by atoms with E-state index in [1.54, 1.807) is 30.3 Å². The molecular formula is C23H18O5. The molecule has 5 nitrogen and oxygen atoms in total. The van der Waals surface area contributed by atoms with Crippen LogP contribution in [0.5, 0.6) is 11.5 Å². The first-order chi connectivity index (χ1) is 13.7. The molecule has 0 amide bonds. The first-order valence-electron chi connectivity index (χ1n) is 8.96. The highest BCUT2D eigenvalue weighted by molar-refractivity contribution is 6.00. The lowest BCUT2D eigenvalue weighted by atomic mass is 10.0. The number of carbonyl (C=O) groups is 2. The molecule has 0 atom stereocenters. The number of rotatable bonds is 5. The lowest BCUT2D eigenvalue weighted by Crippen LogP contribution is -2.17. The second-order valence-corrected chi connectivity index (χ2v) is 6.30. The average molecular weight is 374 g/mol.